The fourth-order valence-electron chi connectivity index (χ4n) is 5.54. The first kappa shape index (κ1) is 43.6. The van der Waals surface area contributed by atoms with E-state index in [1.165, 1.54) is 29.8 Å². The van der Waals surface area contributed by atoms with Crippen molar-refractivity contribution in [2.45, 2.75) is 37.3 Å². The van der Waals surface area contributed by atoms with Crippen LogP contribution in [0.1, 0.15) is 36.1 Å². The highest BCUT2D eigenvalue weighted by atomic mass is 19.4. The Balaban J connectivity index is 0.000000201. The number of methoxy groups -OCH3 is 2. The monoisotopic (exact) mass is 800 g/mol. The highest BCUT2D eigenvalue weighted by molar-refractivity contribution is 5.82. The van der Waals surface area contributed by atoms with E-state index < -0.39 is 43.3 Å². The van der Waals surface area contributed by atoms with E-state index in [4.69, 9.17) is 14.6 Å². The number of ether oxygens (including phenoxy) is 3. The summed E-state index contributed by atoms with van der Waals surface area (Å²) in [6, 6.07) is 29.8. The molecule has 0 spiro atoms. The van der Waals surface area contributed by atoms with E-state index in [9.17, 15) is 35.9 Å². The zero-order valence-corrected chi connectivity index (χ0v) is 31.5. The largest absolute Gasteiger partial charge is 0.497 e. The Bertz CT molecular complexity index is 2160. The van der Waals surface area contributed by atoms with Gasteiger partial charge in [0.25, 0.3) is 0 Å². The Morgan fingerprint density at radius 3 is 1.98 bits per heavy atom. The molecule has 6 rings (SSSR count). The summed E-state index contributed by atoms with van der Waals surface area (Å²) in [5.41, 5.74) is 3.41. The predicted molar refractivity (Wildman–Crippen MR) is 202 cm³/mol. The summed E-state index contributed by atoms with van der Waals surface area (Å²) in [5.74, 6) is -2.91. The van der Waals surface area contributed by atoms with Crippen LogP contribution < -0.4 is 14.8 Å². The van der Waals surface area contributed by atoms with E-state index in [1.54, 1.807) is 26.5 Å². The van der Waals surface area contributed by atoms with Crippen molar-refractivity contribution in [3.63, 3.8) is 0 Å². The van der Waals surface area contributed by atoms with E-state index in [0.717, 1.165) is 53.3 Å². The van der Waals surface area contributed by atoms with Gasteiger partial charge in [0.15, 0.2) is 0 Å². The van der Waals surface area contributed by atoms with Crippen molar-refractivity contribution in [3.8, 4) is 11.5 Å². The number of aromatic amines is 1. The Morgan fingerprint density at radius 1 is 0.807 bits per heavy atom. The van der Waals surface area contributed by atoms with Gasteiger partial charge in [-0.3, -0.25) is 14.6 Å². The molecule has 2 unspecified atom stereocenters. The van der Waals surface area contributed by atoms with Gasteiger partial charge in [-0.05, 0) is 55.4 Å². The Morgan fingerprint density at radius 2 is 1.40 bits per heavy atom. The fourth-order valence-corrected chi connectivity index (χ4v) is 5.54. The lowest BCUT2D eigenvalue weighted by Crippen LogP contribution is -2.39. The van der Waals surface area contributed by atoms with Crippen LogP contribution >= 0.6 is 0 Å². The van der Waals surface area contributed by atoms with Crippen molar-refractivity contribution in [3.05, 3.63) is 121 Å². The van der Waals surface area contributed by atoms with E-state index in [1.807, 2.05) is 43.4 Å². The molecule has 2 aromatic heterocycles. The molecule has 0 aliphatic heterocycles. The van der Waals surface area contributed by atoms with Gasteiger partial charge in [-0.2, -0.15) is 36.5 Å². The summed E-state index contributed by atoms with van der Waals surface area (Å²) >= 11 is 0. The molecule has 2 heterocycles. The van der Waals surface area contributed by atoms with Gasteiger partial charge in [-0.25, -0.2) is 4.79 Å². The van der Waals surface area contributed by atoms with E-state index >= 15 is 0 Å². The van der Waals surface area contributed by atoms with Crippen molar-refractivity contribution in [1.29, 1.82) is 0 Å². The number of benzene rings is 4. The highest BCUT2D eigenvalue weighted by Crippen LogP contribution is 2.28. The molecule has 0 saturated carbocycles. The molecular weight excluding hydrogens is 758 g/mol. The minimum atomic E-state index is -5.24. The number of halogens is 6. The molecule has 0 aliphatic carbocycles. The number of H-pyrrole nitrogens is 1. The smallest absolute Gasteiger partial charge is 0.490 e. The summed E-state index contributed by atoms with van der Waals surface area (Å²) in [6.07, 6.45) is -7.31. The summed E-state index contributed by atoms with van der Waals surface area (Å²) in [4.78, 5) is 22.3. The molecule has 2 N–H and O–H groups in total. The Hall–Kier alpha value is -6.10. The fraction of sp³-hybridized carbons (Fsp3) is 0.300. The third kappa shape index (κ3) is 12.7. The van der Waals surface area contributed by atoms with Crippen LogP contribution in [0, 0.1) is 0 Å². The van der Waals surface area contributed by atoms with Crippen LogP contribution in [0.4, 0.5) is 26.3 Å². The molecule has 1 amide bonds. The minimum Gasteiger partial charge on any atom is -0.497 e. The van der Waals surface area contributed by atoms with Crippen LogP contribution in [0.15, 0.2) is 109 Å². The second kappa shape index (κ2) is 20.2. The van der Waals surface area contributed by atoms with Crippen LogP contribution in [0.3, 0.4) is 0 Å². The van der Waals surface area contributed by atoms with Crippen LogP contribution in [-0.4, -0.2) is 90.5 Å². The van der Waals surface area contributed by atoms with Crippen LogP contribution in [-0.2, 0) is 14.3 Å². The minimum absolute atomic E-state index is 0.169. The number of nitrogens with zero attached hydrogens (tertiary/aromatic N) is 4. The van der Waals surface area contributed by atoms with Crippen molar-refractivity contribution in [2.75, 3.05) is 41.4 Å². The van der Waals surface area contributed by atoms with Gasteiger partial charge in [-0.1, -0.05) is 60.7 Å². The maximum atomic E-state index is 12.3. The molecule has 0 saturated heterocycles. The van der Waals surface area contributed by atoms with Gasteiger partial charge in [-0.15, -0.1) is 0 Å². The number of esters is 1. The second-order valence-electron chi connectivity index (χ2n) is 12.5. The first-order valence-corrected chi connectivity index (χ1v) is 17.5. The molecule has 4 aromatic carbocycles. The quantitative estimate of drug-likeness (QED) is 0.0942. The lowest BCUT2D eigenvalue weighted by atomic mass is 10.0. The van der Waals surface area contributed by atoms with E-state index in [0.29, 0.717) is 4.90 Å². The number of nitrogens with one attached hydrogen (secondary N) is 2. The molecule has 0 radical (unpaired) electrons. The second-order valence-corrected chi connectivity index (χ2v) is 12.5. The first-order valence-electron chi connectivity index (χ1n) is 17.5. The molecule has 11 nitrogen and oxygen atoms in total. The van der Waals surface area contributed by atoms with Gasteiger partial charge < -0.3 is 24.4 Å². The summed E-state index contributed by atoms with van der Waals surface area (Å²) in [7, 11) is 6.16. The maximum Gasteiger partial charge on any atom is 0.490 e. The van der Waals surface area contributed by atoms with Crippen molar-refractivity contribution in [1.82, 2.24) is 30.2 Å². The molecular formula is C40H42F6N6O5. The highest BCUT2D eigenvalue weighted by Gasteiger charge is 2.43. The first-order chi connectivity index (χ1) is 27.1. The number of carbonyl (C=O) groups excluding carboxylic acids is 2. The SMILES string of the molecule is CN(CCC(OC(=O)C(F)(F)F)c1ccccc1)C(=O)C(F)(F)F.CNCCC(c1ccccc1)n1cc2ccc(OC)cc2n1.COc1ccc2cn[nH]c2c1. The third-order valence-electron chi connectivity index (χ3n) is 8.52. The van der Waals surface area contributed by atoms with Crippen molar-refractivity contribution in [2.24, 2.45) is 0 Å². The molecule has 0 bridgehead atoms. The number of hydrogen-bond acceptors (Lipinski definition) is 8. The van der Waals surface area contributed by atoms with Gasteiger partial charge in [0.1, 0.15) is 17.6 Å². The predicted octanol–water partition coefficient (Wildman–Crippen LogP) is 8.06. The molecule has 17 heteroatoms. The van der Waals surface area contributed by atoms with Crippen molar-refractivity contribution < 1.29 is 50.1 Å². The number of hydrogen-bond donors (Lipinski definition) is 2. The number of amides is 1. The van der Waals surface area contributed by atoms with Crippen LogP contribution in [0.2, 0.25) is 0 Å². The Kier molecular flexibility index (Phi) is 15.4. The van der Waals surface area contributed by atoms with E-state index in [2.05, 4.69) is 61.5 Å². The van der Waals surface area contributed by atoms with Gasteiger partial charge in [0, 0.05) is 49.1 Å². The van der Waals surface area contributed by atoms with Gasteiger partial charge in [0.2, 0.25) is 0 Å². The average molecular weight is 801 g/mol. The number of rotatable bonds is 12. The molecule has 0 fully saturated rings. The zero-order chi connectivity index (χ0) is 41.6. The van der Waals surface area contributed by atoms with Crippen LogP contribution in [0.25, 0.3) is 21.8 Å². The van der Waals surface area contributed by atoms with Gasteiger partial charge >= 0.3 is 24.2 Å². The van der Waals surface area contributed by atoms with Crippen LogP contribution in [0.5, 0.6) is 11.5 Å². The standard InChI is InChI=1S/C18H21N3O.C14H13F6NO3.C8H8N2O/c1-19-11-10-18(14-6-4-3-5-7-14)21-13-15-8-9-16(22-2)12-17(15)20-21;1-21(11(22)13(15,16)17)8-7-10(9-5-3-2-4-6-9)24-12(23)14(18,19)20;1-11-7-3-2-6-5-9-10-8(6)4-7/h3-9,12-13,18-19H,10-11H2,1-2H3;2-6,10H,7-8H2,1H3;2-5H,1H3,(H,9,10). The number of aromatic nitrogens is 4. The number of carbonyl (C=O) groups is 2. The third-order valence-corrected chi connectivity index (χ3v) is 8.52. The molecule has 2 atom stereocenters. The summed E-state index contributed by atoms with van der Waals surface area (Å²) < 4.78 is 90.6. The van der Waals surface area contributed by atoms with Gasteiger partial charge in [0.05, 0.1) is 37.5 Å². The lowest BCUT2D eigenvalue weighted by Gasteiger charge is -2.23. The maximum absolute atomic E-state index is 12.3. The molecule has 6 aromatic rings. The molecule has 57 heavy (non-hydrogen) atoms. The number of alkyl halides is 6. The average Bonchev–Trinajstić information content (AvgIpc) is 3.86. The zero-order valence-electron chi connectivity index (χ0n) is 31.5. The topological polar surface area (TPSA) is 124 Å². The summed E-state index contributed by atoms with van der Waals surface area (Å²) in [5, 5.41) is 17.0. The molecule has 304 valence electrons. The Labute approximate surface area is 324 Å². The number of fused-ring (bicyclic) bond motifs is 2. The molecule has 0 aliphatic rings. The van der Waals surface area contributed by atoms with E-state index in [-0.39, 0.29) is 11.6 Å². The lowest BCUT2D eigenvalue weighted by molar-refractivity contribution is -0.206. The normalized spacial score (nSPS) is 12.4. The summed E-state index contributed by atoms with van der Waals surface area (Å²) in [6.45, 7) is 0.391. The van der Waals surface area contributed by atoms with Crippen molar-refractivity contribution >= 4 is 33.7 Å².